The Morgan fingerprint density at radius 1 is 1.15 bits per heavy atom. The van der Waals surface area contributed by atoms with Crippen LogP contribution in [0, 0.1) is 6.92 Å². The van der Waals surface area contributed by atoms with Crippen LogP contribution in [0.25, 0.3) is 22.4 Å². The molecule has 0 saturated heterocycles. The number of pyridine rings is 1. The predicted molar refractivity (Wildman–Crippen MR) is 152 cm³/mol. The molecule has 1 unspecified atom stereocenters. The lowest BCUT2D eigenvalue weighted by Crippen LogP contribution is -2.45. The first-order valence-electron chi connectivity index (χ1n) is 12.7. The van der Waals surface area contributed by atoms with Crippen LogP contribution in [0.4, 0.5) is 16.2 Å². The number of ether oxygens (including phenoxy) is 1. The lowest BCUT2D eigenvalue weighted by atomic mass is 10.0. The van der Waals surface area contributed by atoms with Crippen molar-refractivity contribution < 1.29 is 19.1 Å². The van der Waals surface area contributed by atoms with Crippen LogP contribution in [-0.2, 0) is 11.2 Å². The minimum Gasteiger partial charge on any atom is -0.453 e. The van der Waals surface area contributed by atoms with Crippen LogP contribution in [0.15, 0.2) is 59.8 Å². The molecule has 4 N–H and O–H groups in total. The second kappa shape index (κ2) is 10.5. The van der Waals surface area contributed by atoms with E-state index in [2.05, 4.69) is 37.3 Å². The normalized spacial score (nSPS) is 15.6. The monoisotopic (exact) mass is 559 g/mol. The largest absolute Gasteiger partial charge is 0.453 e. The van der Waals surface area contributed by atoms with Gasteiger partial charge in [-0.2, -0.15) is 5.10 Å². The van der Waals surface area contributed by atoms with E-state index >= 15 is 0 Å². The van der Waals surface area contributed by atoms with Crippen LogP contribution >= 0.6 is 11.6 Å². The lowest BCUT2D eigenvalue weighted by molar-refractivity contribution is -0.890. The first kappa shape index (κ1) is 25.7. The molecule has 4 aromatic rings. The molecule has 1 atom stereocenters. The topological polar surface area (TPSA) is 120 Å². The van der Waals surface area contributed by atoms with Gasteiger partial charge in [-0.3, -0.25) is 10.2 Å². The predicted octanol–water partition coefficient (Wildman–Crippen LogP) is 4.08. The summed E-state index contributed by atoms with van der Waals surface area (Å²) < 4.78 is 6.50. The number of fused-ring (bicyclic) bond motifs is 1. The van der Waals surface area contributed by atoms with Gasteiger partial charge in [0.2, 0.25) is 11.9 Å². The molecule has 1 amide bonds. The number of nitrogens with one attached hydrogen (secondary N) is 4. The molecule has 2 aromatic carbocycles. The van der Waals surface area contributed by atoms with Gasteiger partial charge in [-0.15, -0.1) is 5.53 Å². The molecular weight excluding hydrogens is 532 g/mol. The number of aryl methyl sites for hydroxylation is 2. The van der Waals surface area contributed by atoms with Crippen molar-refractivity contribution in [2.24, 2.45) is 5.10 Å². The number of hydrazine groups is 2. The molecule has 40 heavy (non-hydrogen) atoms. The number of anilines is 2. The molecule has 12 heteroatoms. The molecule has 6 rings (SSSR count). The molecule has 204 valence electrons. The Balaban J connectivity index is 1.33. The Morgan fingerprint density at radius 3 is 2.70 bits per heavy atom. The number of hydrogen-bond donors (Lipinski definition) is 4. The summed E-state index contributed by atoms with van der Waals surface area (Å²) in [6.45, 7) is 1.99. The van der Waals surface area contributed by atoms with E-state index in [0.29, 0.717) is 10.7 Å². The van der Waals surface area contributed by atoms with Gasteiger partial charge in [0, 0.05) is 26.6 Å². The number of aromatic amines is 1. The smallest absolute Gasteiger partial charge is 0.411 e. The maximum Gasteiger partial charge on any atom is 0.411 e. The van der Waals surface area contributed by atoms with Crippen molar-refractivity contribution in [1.82, 2.24) is 21.0 Å². The van der Waals surface area contributed by atoms with Crippen molar-refractivity contribution in [1.29, 1.82) is 0 Å². The summed E-state index contributed by atoms with van der Waals surface area (Å²) in [7, 11) is 3.00. The number of methoxy groups -OCH3 is 1. The van der Waals surface area contributed by atoms with Gasteiger partial charge in [0.1, 0.15) is 25.2 Å². The number of carbonyl (C=O) groups is 1. The minimum absolute atomic E-state index is 0.0344. The van der Waals surface area contributed by atoms with E-state index in [9.17, 15) is 4.79 Å². The van der Waals surface area contributed by atoms with Crippen LogP contribution < -0.4 is 31.0 Å². The number of rotatable bonds is 6. The summed E-state index contributed by atoms with van der Waals surface area (Å²) in [4.78, 5) is 25.9. The molecule has 1 aliphatic carbocycles. The number of hydrogen-bond acceptors (Lipinski definition) is 8. The zero-order valence-electron chi connectivity index (χ0n) is 22.2. The number of benzene rings is 2. The van der Waals surface area contributed by atoms with E-state index in [4.69, 9.17) is 21.4 Å². The number of carbonyl (C=O) groups excluding carboxylic acids is 1. The third-order valence-corrected chi connectivity index (χ3v) is 7.39. The fourth-order valence-electron chi connectivity index (χ4n) is 5.30. The second-order valence-electron chi connectivity index (χ2n) is 9.51. The number of hydrazone groups is 1. The van der Waals surface area contributed by atoms with Crippen LogP contribution in [0.5, 0.6) is 0 Å². The van der Waals surface area contributed by atoms with Crippen molar-refractivity contribution in [3.63, 3.8) is 0 Å². The number of H-pyrrole nitrogens is 1. The standard InChI is InChI=1S/C28H27ClN8O3/c1-16-25(17-4-8-21(9-5-17)32-28(38)39-2)33-27(31-16)22-10-6-18-12-19(14-37(40-3)26(18)22)23-13-20(29)7-11-24(23)36-15-30-34-35-36/h4-5,7-9,11-15,22,34-35H,6,10H2,1-3H3,(H-,31,32,33,38)/p+1. The van der Waals surface area contributed by atoms with Crippen LogP contribution in [0.1, 0.15) is 35.1 Å². The highest BCUT2D eigenvalue weighted by molar-refractivity contribution is 6.31. The molecule has 0 fully saturated rings. The van der Waals surface area contributed by atoms with E-state index in [1.807, 2.05) is 60.3 Å². The van der Waals surface area contributed by atoms with E-state index in [-0.39, 0.29) is 5.92 Å². The summed E-state index contributed by atoms with van der Waals surface area (Å²) in [6.07, 6.45) is 4.91. The van der Waals surface area contributed by atoms with E-state index < -0.39 is 6.09 Å². The van der Waals surface area contributed by atoms with Crippen molar-refractivity contribution in [3.05, 3.63) is 82.5 Å². The van der Waals surface area contributed by atoms with E-state index in [1.165, 1.54) is 12.7 Å². The zero-order valence-corrected chi connectivity index (χ0v) is 22.9. The fraction of sp³-hybridized carbons (Fsp3) is 0.214. The molecule has 2 aromatic heterocycles. The van der Waals surface area contributed by atoms with Gasteiger partial charge < -0.3 is 9.72 Å². The third-order valence-electron chi connectivity index (χ3n) is 7.16. The number of nitrogens with zero attached hydrogens (tertiary/aromatic N) is 4. The molecule has 2 aliphatic rings. The molecule has 0 bridgehead atoms. The molecule has 0 spiro atoms. The Bertz CT molecular complexity index is 1620. The molecule has 0 radical (unpaired) electrons. The highest BCUT2D eigenvalue weighted by atomic mass is 35.5. The summed E-state index contributed by atoms with van der Waals surface area (Å²) in [5.41, 5.74) is 14.2. The van der Waals surface area contributed by atoms with Gasteiger partial charge in [-0.25, -0.2) is 20.3 Å². The molecule has 11 nitrogen and oxygen atoms in total. The van der Waals surface area contributed by atoms with Crippen molar-refractivity contribution in [2.45, 2.75) is 25.7 Å². The average Bonchev–Trinajstić information content (AvgIpc) is 3.73. The van der Waals surface area contributed by atoms with Gasteiger partial charge in [-0.05, 0) is 61.7 Å². The van der Waals surface area contributed by atoms with Crippen LogP contribution in [-0.4, -0.2) is 36.6 Å². The Morgan fingerprint density at radius 2 is 1.98 bits per heavy atom. The summed E-state index contributed by atoms with van der Waals surface area (Å²) >= 11 is 6.41. The summed E-state index contributed by atoms with van der Waals surface area (Å²) in [6, 6.07) is 15.5. The first-order chi connectivity index (χ1) is 19.4. The quantitative estimate of drug-likeness (QED) is 0.263. The van der Waals surface area contributed by atoms with E-state index in [0.717, 1.165) is 58.1 Å². The number of amides is 1. The van der Waals surface area contributed by atoms with E-state index in [1.54, 1.807) is 18.5 Å². The van der Waals surface area contributed by atoms with Gasteiger partial charge in [0.15, 0.2) is 0 Å². The fourth-order valence-corrected chi connectivity index (χ4v) is 5.48. The van der Waals surface area contributed by atoms with Crippen LogP contribution in [0.3, 0.4) is 0 Å². The number of aromatic nitrogens is 3. The van der Waals surface area contributed by atoms with Gasteiger partial charge in [-0.1, -0.05) is 23.7 Å². The summed E-state index contributed by atoms with van der Waals surface area (Å²) in [5, 5.41) is 9.13. The van der Waals surface area contributed by atoms with Gasteiger partial charge >= 0.3 is 6.09 Å². The Hall–Kier alpha value is -4.61. The van der Waals surface area contributed by atoms with Crippen LogP contribution in [0.2, 0.25) is 5.02 Å². The average molecular weight is 560 g/mol. The highest BCUT2D eigenvalue weighted by Crippen LogP contribution is 2.39. The zero-order chi connectivity index (χ0) is 27.8. The lowest BCUT2D eigenvalue weighted by Gasteiger charge is -2.18. The van der Waals surface area contributed by atoms with Crippen molar-refractivity contribution in [3.8, 4) is 22.4 Å². The van der Waals surface area contributed by atoms with Gasteiger partial charge in [0.25, 0.3) is 0 Å². The first-order valence-corrected chi connectivity index (χ1v) is 13.1. The molecular formula is C28H28ClN8O3+. The molecule has 3 heterocycles. The maximum atomic E-state index is 11.5. The number of imidazole rings is 1. The Labute approximate surface area is 235 Å². The number of halogens is 1. The Kier molecular flexibility index (Phi) is 6.74. The second-order valence-corrected chi connectivity index (χ2v) is 9.95. The molecule has 1 aliphatic heterocycles. The molecule has 0 saturated carbocycles. The third kappa shape index (κ3) is 4.69. The highest BCUT2D eigenvalue weighted by Gasteiger charge is 2.38. The van der Waals surface area contributed by atoms with Crippen molar-refractivity contribution >= 4 is 35.4 Å². The maximum absolute atomic E-state index is 11.5. The van der Waals surface area contributed by atoms with Crippen molar-refractivity contribution in [2.75, 3.05) is 24.5 Å². The summed E-state index contributed by atoms with van der Waals surface area (Å²) in [5.74, 6) is 0.917. The minimum atomic E-state index is -0.507. The van der Waals surface area contributed by atoms with Gasteiger partial charge in [0.05, 0.1) is 29.7 Å². The SMILES string of the molecule is COC(=O)Nc1ccc(-c2[nH]c(C3CCc4cc(-c5cc(Cl)ccc5N5C=NNN5)c[n+](OC)c43)nc2C)cc1.